The van der Waals surface area contributed by atoms with E-state index in [0.29, 0.717) is 6.07 Å². The van der Waals surface area contributed by atoms with Crippen molar-refractivity contribution < 1.29 is 32.2 Å². The normalized spacial score (nSPS) is 12.2. The molecule has 3 N–H and O–H groups in total. The maximum atomic E-state index is 14.5. The Balaban J connectivity index is 0.00000392. The van der Waals surface area contributed by atoms with Crippen LogP contribution in [-0.4, -0.2) is 17.7 Å². The smallest absolute Gasteiger partial charge is 0.419 e. The van der Waals surface area contributed by atoms with Gasteiger partial charge in [0.05, 0.1) is 23.6 Å². The number of aromatic hydroxyl groups is 1. The Morgan fingerprint density at radius 2 is 1.96 bits per heavy atom. The lowest BCUT2D eigenvalue weighted by Crippen LogP contribution is -2.20. The Hall–Kier alpha value is -2.03. The molecule has 0 fully saturated rings. The van der Waals surface area contributed by atoms with Gasteiger partial charge in [-0.15, -0.1) is 12.4 Å². The van der Waals surface area contributed by atoms with E-state index in [9.17, 15) is 27.5 Å². The van der Waals surface area contributed by atoms with Gasteiger partial charge in [0.25, 0.3) is 0 Å². The molecule has 0 radical (unpaired) electrons. The van der Waals surface area contributed by atoms with Crippen LogP contribution in [0.25, 0.3) is 11.1 Å². The van der Waals surface area contributed by atoms with E-state index >= 15 is 0 Å². The summed E-state index contributed by atoms with van der Waals surface area (Å²) in [4.78, 5) is 11.6. The van der Waals surface area contributed by atoms with Gasteiger partial charge in [-0.05, 0) is 36.8 Å². The maximum Gasteiger partial charge on any atom is 0.419 e. The van der Waals surface area contributed by atoms with Crippen LogP contribution in [0.4, 0.5) is 17.6 Å². The predicted molar refractivity (Wildman–Crippen MR) is 98.9 cm³/mol. The summed E-state index contributed by atoms with van der Waals surface area (Å²) in [7, 11) is 0. The molecule has 0 aromatic heterocycles. The van der Waals surface area contributed by atoms with Crippen molar-refractivity contribution in [3.8, 4) is 16.9 Å². The summed E-state index contributed by atoms with van der Waals surface area (Å²) >= 11 is 5.99. The van der Waals surface area contributed by atoms with Crippen molar-refractivity contribution in [3.05, 3.63) is 52.3 Å². The first kappa shape index (κ1) is 24.0. The highest BCUT2D eigenvalue weighted by Gasteiger charge is 2.37. The summed E-state index contributed by atoms with van der Waals surface area (Å²) in [5, 5.41) is 9.96. The number of phenolic OH excluding ortho intramolecular Hbond substituents is 1. The first-order valence-corrected chi connectivity index (χ1v) is 8.23. The van der Waals surface area contributed by atoms with E-state index in [-0.39, 0.29) is 40.9 Å². The topological polar surface area (TPSA) is 72.5 Å². The van der Waals surface area contributed by atoms with Crippen LogP contribution in [0.2, 0.25) is 5.02 Å². The number of hydrogen-bond donors (Lipinski definition) is 2. The number of carbonyl (C=O) groups is 1. The van der Waals surface area contributed by atoms with E-state index in [1.807, 2.05) is 0 Å². The average Bonchev–Trinajstić information content (AvgIpc) is 2.54. The maximum absolute atomic E-state index is 14.5. The van der Waals surface area contributed by atoms with Gasteiger partial charge in [-0.2, -0.15) is 13.2 Å². The van der Waals surface area contributed by atoms with E-state index in [0.717, 1.165) is 6.07 Å². The number of alkyl halides is 3. The minimum absolute atomic E-state index is 0. The first-order valence-electron chi connectivity index (χ1n) is 7.86. The molecule has 0 unspecified atom stereocenters. The monoisotopic (exact) mass is 441 g/mol. The molecule has 28 heavy (non-hydrogen) atoms. The number of halogens is 6. The number of rotatable bonds is 5. The van der Waals surface area contributed by atoms with Gasteiger partial charge in [-0.3, -0.25) is 4.79 Å². The molecule has 1 atom stereocenters. The third-order valence-corrected chi connectivity index (χ3v) is 4.09. The number of phenols is 1. The molecule has 154 valence electrons. The van der Waals surface area contributed by atoms with E-state index in [2.05, 4.69) is 0 Å². The minimum Gasteiger partial charge on any atom is -0.507 e. The molecule has 0 spiro atoms. The lowest BCUT2D eigenvalue weighted by molar-refractivity contribution is -0.143. The highest BCUT2D eigenvalue weighted by molar-refractivity contribution is 6.33. The lowest BCUT2D eigenvalue weighted by atomic mass is 9.94. The molecule has 2 rings (SSSR count). The molecule has 0 amide bonds. The van der Waals surface area contributed by atoms with Crippen LogP contribution in [0.5, 0.6) is 5.75 Å². The second-order valence-corrected chi connectivity index (χ2v) is 6.08. The largest absolute Gasteiger partial charge is 0.507 e. The molecule has 0 bridgehead atoms. The fraction of sp³-hybridized carbons (Fsp3) is 0.278. The van der Waals surface area contributed by atoms with Crippen LogP contribution in [0, 0.1) is 5.82 Å². The molecule has 2 aromatic carbocycles. The number of esters is 1. The number of benzene rings is 2. The van der Waals surface area contributed by atoms with E-state index in [1.54, 1.807) is 6.92 Å². The van der Waals surface area contributed by atoms with Crippen LogP contribution in [0.1, 0.15) is 30.5 Å². The number of carbonyl (C=O) groups excluding carboxylic acids is 1. The fourth-order valence-electron chi connectivity index (χ4n) is 2.58. The number of nitrogens with two attached hydrogens (primary N) is 1. The van der Waals surface area contributed by atoms with E-state index in [1.165, 1.54) is 18.2 Å². The molecule has 0 saturated heterocycles. The SMILES string of the molecule is CCOC(=O)C[C@H](N)c1cc(-c2c(O)cccc2Cl)cc(C(F)(F)F)c1F.Cl. The fourth-order valence-corrected chi connectivity index (χ4v) is 2.85. The highest BCUT2D eigenvalue weighted by atomic mass is 35.5. The van der Waals surface area contributed by atoms with Gasteiger partial charge in [0.2, 0.25) is 0 Å². The molecule has 0 aliphatic carbocycles. The van der Waals surface area contributed by atoms with Crippen molar-refractivity contribution in [1.29, 1.82) is 0 Å². The molecule has 0 aliphatic heterocycles. The second-order valence-electron chi connectivity index (χ2n) is 5.67. The zero-order chi connectivity index (χ0) is 20.4. The third kappa shape index (κ3) is 5.27. The number of hydrogen-bond acceptors (Lipinski definition) is 4. The van der Waals surface area contributed by atoms with Crippen molar-refractivity contribution in [2.24, 2.45) is 5.73 Å². The van der Waals surface area contributed by atoms with Gasteiger partial charge in [0.1, 0.15) is 11.6 Å². The Morgan fingerprint density at radius 3 is 2.50 bits per heavy atom. The standard InChI is InChI=1S/C18H16ClF4NO3.ClH/c1-2-27-15(26)8-13(24)10-6-9(7-11(17(10)20)18(21,22)23)16-12(19)4-3-5-14(16)25;/h3-7,13,25H,2,8,24H2,1H3;1H/t13-;/m0./s1. The van der Waals surface area contributed by atoms with Crippen LogP contribution in [-0.2, 0) is 15.7 Å². The van der Waals surface area contributed by atoms with Crippen LogP contribution >= 0.6 is 24.0 Å². The van der Waals surface area contributed by atoms with Crippen LogP contribution < -0.4 is 5.73 Å². The summed E-state index contributed by atoms with van der Waals surface area (Å²) in [6.45, 7) is 1.60. The summed E-state index contributed by atoms with van der Waals surface area (Å²) in [5.41, 5.74) is 3.37. The summed E-state index contributed by atoms with van der Waals surface area (Å²) in [5.74, 6) is -2.74. The van der Waals surface area contributed by atoms with Gasteiger partial charge < -0.3 is 15.6 Å². The molecular formula is C18H17Cl2F4NO3. The third-order valence-electron chi connectivity index (χ3n) is 3.78. The summed E-state index contributed by atoms with van der Waals surface area (Å²) < 4.78 is 59.1. The molecule has 0 saturated carbocycles. The van der Waals surface area contributed by atoms with Crippen molar-refractivity contribution in [2.75, 3.05) is 6.61 Å². The minimum atomic E-state index is -5.02. The van der Waals surface area contributed by atoms with Crippen molar-refractivity contribution in [2.45, 2.75) is 25.6 Å². The quantitative estimate of drug-likeness (QED) is 0.491. The Kier molecular flexibility index (Phi) is 8.10. The van der Waals surface area contributed by atoms with Gasteiger partial charge in [-0.25, -0.2) is 4.39 Å². The Labute approximate surface area is 169 Å². The van der Waals surface area contributed by atoms with Crippen LogP contribution in [0.15, 0.2) is 30.3 Å². The van der Waals surface area contributed by atoms with E-state index < -0.39 is 41.6 Å². The van der Waals surface area contributed by atoms with Crippen LogP contribution in [0.3, 0.4) is 0 Å². The highest BCUT2D eigenvalue weighted by Crippen LogP contribution is 2.42. The lowest BCUT2D eigenvalue weighted by Gasteiger charge is -2.19. The number of ether oxygens (including phenoxy) is 1. The molecule has 0 heterocycles. The predicted octanol–water partition coefficient (Wildman–Crippen LogP) is 5.25. The summed E-state index contributed by atoms with van der Waals surface area (Å²) in [6.07, 6.45) is -5.53. The van der Waals surface area contributed by atoms with Crippen molar-refractivity contribution in [3.63, 3.8) is 0 Å². The Morgan fingerprint density at radius 1 is 1.32 bits per heavy atom. The molecular weight excluding hydrogens is 425 g/mol. The zero-order valence-corrected chi connectivity index (χ0v) is 16.1. The van der Waals surface area contributed by atoms with Gasteiger partial charge in [-0.1, -0.05) is 17.7 Å². The van der Waals surface area contributed by atoms with Gasteiger partial charge >= 0.3 is 12.1 Å². The van der Waals surface area contributed by atoms with Crippen molar-refractivity contribution in [1.82, 2.24) is 0 Å². The first-order chi connectivity index (χ1) is 12.6. The second kappa shape index (κ2) is 9.45. The summed E-state index contributed by atoms with van der Waals surface area (Å²) in [6, 6.07) is 4.20. The molecule has 10 heteroatoms. The van der Waals surface area contributed by atoms with Gasteiger partial charge in [0, 0.05) is 17.2 Å². The molecule has 2 aromatic rings. The average molecular weight is 442 g/mol. The Bertz CT molecular complexity index is 839. The van der Waals surface area contributed by atoms with E-state index in [4.69, 9.17) is 22.1 Å². The zero-order valence-electron chi connectivity index (χ0n) is 14.5. The van der Waals surface area contributed by atoms with Crippen molar-refractivity contribution >= 4 is 30.0 Å². The molecule has 0 aliphatic rings. The van der Waals surface area contributed by atoms with Gasteiger partial charge in [0.15, 0.2) is 0 Å². The molecule has 4 nitrogen and oxygen atoms in total.